The van der Waals surface area contributed by atoms with Gasteiger partial charge in [0.2, 0.25) is 29.1 Å². The van der Waals surface area contributed by atoms with Gasteiger partial charge in [-0.3, -0.25) is 60.3 Å². The lowest BCUT2D eigenvalue weighted by Gasteiger charge is -2.14. The van der Waals surface area contributed by atoms with E-state index in [-0.39, 0.29) is 132 Å². The average Bonchev–Trinajstić information content (AvgIpc) is 1.69. The maximum absolute atomic E-state index is 14.0. The van der Waals surface area contributed by atoms with Crippen molar-refractivity contribution >= 4 is 59.8 Å². The topological polar surface area (TPSA) is 494 Å². The maximum atomic E-state index is 14.0. The van der Waals surface area contributed by atoms with E-state index in [2.05, 4.69) is 77.0 Å². The minimum absolute atomic E-state index is 0.00921. The van der Waals surface area contributed by atoms with Crippen LogP contribution in [-0.2, 0) is 33.2 Å². The van der Waals surface area contributed by atoms with Crippen LogP contribution in [0.5, 0.6) is 0 Å². The number of imide groups is 5. The van der Waals surface area contributed by atoms with Crippen molar-refractivity contribution in [3.05, 3.63) is 365 Å². The highest BCUT2D eigenvalue weighted by Crippen LogP contribution is 2.33. The van der Waals surface area contributed by atoms with Gasteiger partial charge in [0.15, 0.2) is 0 Å². The molecule has 5 N–H and O–H groups in total. The molecule has 2 aliphatic rings. The van der Waals surface area contributed by atoms with Crippen LogP contribution in [0.1, 0.15) is 107 Å². The predicted octanol–water partition coefficient (Wildman–Crippen LogP) is 19.8. The highest BCUT2D eigenvalue weighted by atomic mass is 19.4. The van der Waals surface area contributed by atoms with E-state index in [4.69, 9.17) is 51.0 Å². The summed E-state index contributed by atoms with van der Waals surface area (Å²) < 4.78 is 163. The third-order valence-corrected chi connectivity index (χ3v) is 21.5. The van der Waals surface area contributed by atoms with Crippen molar-refractivity contribution in [3.8, 4) is 114 Å². The van der Waals surface area contributed by atoms with Gasteiger partial charge in [-0.25, -0.2) is 41.1 Å². The first kappa shape index (κ1) is 105. The number of carbonyl (C=O) groups is 10. The minimum Gasteiger partial charge on any atom is -0.443 e. The van der Waals surface area contributed by atoms with Gasteiger partial charge < -0.3 is 51.0 Å². The number of hydrogen-bond donors (Lipinski definition) is 5. The van der Waals surface area contributed by atoms with E-state index in [1.165, 1.54) is 145 Å². The van der Waals surface area contributed by atoms with Crippen molar-refractivity contribution in [2.45, 2.75) is 64.2 Å². The molecule has 2 fully saturated rings. The number of benzene rings is 11. The van der Waals surface area contributed by atoms with E-state index >= 15 is 0 Å². The molecule has 4 atom stereocenters. The zero-order valence-corrected chi connectivity index (χ0v) is 78.3. The summed E-state index contributed by atoms with van der Waals surface area (Å²) in [5.74, 6) is -8.01. The Kier molecular flexibility index (Phi) is 34.4. The van der Waals surface area contributed by atoms with E-state index < -0.39 is 107 Å². The van der Waals surface area contributed by atoms with Crippen LogP contribution in [0, 0.1) is 36.0 Å². The van der Waals surface area contributed by atoms with Gasteiger partial charge in [-0.05, 0) is 165 Å². The fraction of sp³-hybridized carbons (Fsp3) is 0.133. The number of alkyl halides is 3. The zero-order valence-electron chi connectivity index (χ0n) is 78.3. The lowest BCUT2D eigenvalue weighted by Crippen LogP contribution is -2.40. The summed E-state index contributed by atoms with van der Waals surface area (Å²) in [6.45, 7) is 7.05. The molecule has 17 aromatic rings. The summed E-state index contributed by atoms with van der Waals surface area (Å²) in [4.78, 5) is 145. The molecule has 45 heteroatoms. The van der Waals surface area contributed by atoms with E-state index in [0.29, 0.717) is 61.5 Å². The molecule has 0 radical (unpaired) electrons. The van der Waals surface area contributed by atoms with Gasteiger partial charge in [0.05, 0.1) is 54.2 Å². The summed E-state index contributed by atoms with van der Waals surface area (Å²) in [6, 6.07) is 71.2. The molecule has 6 aromatic heterocycles. The molecule has 0 aliphatic carbocycles. The minimum atomic E-state index is -5.18. The van der Waals surface area contributed by atoms with E-state index in [0.717, 1.165) is 16.7 Å². The van der Waals surface area contributed by atoms with Crippen molar-refractivity contribution in [2.24, 2.45) is 0 Å². The van der Waals surface area contributed by atoms with Crippen LogP contribution in [0.2, 0.25) is 0 Å². The summed E-state index contributed by atoms with van der Waals surface area (Å²) in [7, 11) is 0. The fourth-order valence-corrected chi connectivity index (χ4v) is 13.9. The Morgan fingerprint density at radius 1 is 0.320 bits per heavy atom. The standard InChI is InChI=1S/C25H20FN3O4.C23H17FN4O4.2C20H16FN3O5.C17H9F4N3O3/c1-15-10-12-17(13-11-15)16(2)32-25(31)28-23(30)19-7-5-6-18(14-19)22-27-24(33-29-22)20-8-3-4-9-21(20)26;1-14(15-9-11-25-12-10-15)31-23(30)27-21(29)17-6-4-5-16(13-17)20-26-22(32-28-20)18-7-2-3-8-19(18)24;2*21-16-7-2-1-6-15(16)19-22-17(24-29-19)12-4-3-5-13(10-12)18(25)23-20(26)28-14-8-9-27-11-14;18-12-7-2-1-6-11(12)15-22-13(24-27-15)9-4-3-5-10(8-9)14(25)23-16(26)17(19,20)21/h3-14,16H,1-2H3,(H,28,30,31);2-14H,1H3,(H,27,29,30);2*1-7,10,14H,8-9,11H2,(H,23,25,26);1-8H,(H,23,25,26)/t;;2*14-;/m..10./s1. The number of nitrogens with one attached hydrogen (secondary N) is 5. The lowest BCUT2D eigenvalue weighted by molar-refractivity contribution is -0.172. The van der Waals surface area contributed by atoms with E-state index in [1.54, 1.807) is 142 Å². The van der Waals surface area contributed by atoms with E-state index in [1.807, 2.05) is 31.2 Å². The Morgan fingerprint density at radius 3 is 0.827 bits per heavy atom. The first-order valence-corrected chi connectivity index (χ1v) is 44.9. The first-order chi connectivity index (χ1) is 72.4. The van der Waals surface area contributed by atoms with Crippen LogP contribution in [-0.4, -0.2) is 160 Å². The van der Waals surface area contributed by atoms with Crippen LogP contribution >= 0.6 is 0 Å². The largest absolute Gasteiger partial charge is 0.471 e. The third kappa shape index (κ3) is 28.1. The van der Waals surface area contributed by atoms with Gasteiger partial charge >= 0.3 is 36.5 Å². The molecule has 8 heterocycles. The van der Waals surface area contributed by atoms with Gasteiger partial charge in [0, 0.05) is 80.9 Å². The van der Waals surface area contributed by atoms with Crippen molar-refractivity contribution in [1.82, 2.24) is 82.3 Å². The third-order valence-electron chi connectivity index (χ3n) is 21.5. The molecule has 19 rings (SSSR count). The van der Waals surface area contributed by atoms with Gasteiger partial charge in [-0.15, -0.1) is 0 Å². The van der Waals surface area contributed by atoms with Crippen LogP contribution in [0.4, 0.5) is 54.3 Å². The lowest BCUT2D eigenvalue weighted by atomic mass is 10.1. The number of amides is 10. The quantitative estimate of drug-likeness (QED) is 0.0329. The van der Waals surface area contributed by atoms with Crippen LogP contribution in [0.25, 0.3) is 114 Å². The van der Waals surface area contributed by atoms with Crippen LogP contribution < -0.4 is 26.6 Å². The maximum Gasteiger partial charge on any atom is 0.471 e. The number of carbonyl (C=O) groups excluding carboxylic acids is 10. The molecular formula is C105H78F8N16O21. The average molecular weight is 2050 g/mol. The van der Waals surface area contributed by atoms with Crippen molar-refractivity contribution in [1.29, 1.82) is 0 Å². The Bertz CT molecular complexity index is 7580. The second-order valence-electron chi connectivity index (χ2n) is 32.1. The Balaban J connectivity index is 0.000000140. The number of ether oxygens (including phenoxy) is 6. The molecule has 11 aromatic carbocycles. The highest BCUT2D eigenvalue weighted by molar-refractivity contribution is 6.08. The molecule has 0 spiro atoms. The fourth-order valence-electron chi connectivity index (χ4n) is 13.9. The predicted molar refractivity (Wildman–Crippen MR) is 511 cm³/mol. The molecule has 37 nitrogen and oxygen atoms in total. The molecule has 0 bridgehead atoms. The molecule has 2 saturated heterocycles. The molecule has 760 valence electrons. The van der Waals surface area contributed by atoms with Gasteiger partial charge in [-0.1, -0.05) is 177 Å². The molecule has 0 saturated carbocycles. The SMILES string of the molecule is CC(OC(=O)NC(=O)c1cccc(-c2noc(-c3ccccc3F)n2)c1)c1ccncc1.Cc1ccc(C(C)OC(=O)NC(=O)c2cccc(-c3noc(-c4ccccc4F)n3)c2)cc1.O=C(NC(=O)C(F)(F)F)c1cccc(-c2noc(-c3ccccc3F)n2)c1.O=C(NC(=O)c1cccc(-c2noc(-c3ccccc3F)n2)c1)O[C@@H]1CCOC1.O=C(NC(=O)c1cccc(-c2noc(-c3ccccc3F)n2)c1)O[C@H]1CCOC1. The van der Waals surface area contributed by atoms with Gasteiger partial charge in [-0.2, -0.15) is 38.1 Å². The molecule has 2 unspecified atom stereocenters. The van der Waals surface area contributed by atoms with Crippen LogP contribution in [0.3, 0.4) is 0 Å². The normalized spacial score (nSPS) is 13.2. The second kappa shape index (κ2) is 49.2. The van der Waals surface area contributed by atoms with Crippen molar-refractivity contribution in [2.75, 3.05) is 26.4 Å². The number of rotatable bonds is 21. The number of pyridine rings is 1. The first-order valence-electron chi connectivity index (χ1n) is 44.9. The zero-order chi connectivity index (χ0) is 106. The highest BCUT2D eigenvalue weighted by Gasteiger charge is 2.40. The summed E-state index contributed by atoms with van der Waals surface area (Å²) in [5, 5.41) is 29.1. The Hall–Kier alpha value is -19.5. The summed E-state index contributed by atoms with van der Waals surface area (Å²) in [5.41, 5.74) is 6.11. The number of aromatic nitrogens is 11. The number of halogens is 8. The molecule has 2 aliphatic heterocycles. The second-order valence-corrected chi connectivity index (χ2v) is 32.1. The number of hydrogen-bond acceptors (Lipinski definition) is 32. The molecule has 10 amide bonds. The monoisotopic (exact) mass is 2050 g/mol. The Labute approximate surface area is 842 Å². The Morgan fingerprint density at radius 2 is 0.573 bits per heavy atom. The number of alkyl carbamates (subject to hydrolysis) is 4. The number of aryl methyl sites for hydroxylation is 1. The smallest absolute Gasteiger partial charge is 0.443 e. The summed E-state index contributed by atoms with van der Waals surface area (Å²) in [6.07, 6.45) is -6.04. The van der Waals surface area contributed by atoms with Gasteiger partial charge in [0.1, 0.15) is 53.5 Å². The van der Waals surface area contributed by atoms with Crippen molar-refractivity contribution in [3.63, 3.8) is 0 Å². The number of nitrogens with zero attached hydrogens (tertiary/aromatic N) is 11. The van der Waals surface area contributed by atoms with Crippen LogP contribution in [0.15, 0.2) is 314 Å². The van der Waals surface area contributed by atoms with E-state index in [9.17, 15) is 83.1 Å². The van der Waals surface area contributed by atoms with Crippen molar-refractivity contribution < 1.29 is 134 Å². The molecular weight excluding hydrogens is 1970 g/mol. The van der Waals surface area contributed by atoms with Gasteiger partial charge in [0.25, 0.3) is 59.0 Å². The molecule has 150 heavy (non-hydrogen) atoms. The summed E-state index contributed by atoms with van der Waals surface area (Å²) >= 11 is 0.